The second-order valence-corrected chi connectivity index (χ2v) is 3.21. The summed E-state index contributed by atoms with van der Waals surface area (Å²) in [4.78, 5) is 10.5. The topological polar surface area (TPSA) is 37.3 Å². The molecular weight excluding hydrogens is 140 g/mol. The first-order valence-corrected chi connectivity index (χ1v) is 3.86. The van der Waals surface area contributed by atoms with Crippen molar-refractivity contribution in [1.29, 1.82) is 0 Å². The summed E-state index contributed by atoms with van der Waals surface area (Å²) in [7, 11) is 0. The smallest absolute Gasteiger partial charge is 0.310 e. The minimum atomic E-state index is -0.751. The highest BCUT2D eigenvalue weighted by Gasteiger charge is 2.12. The van der Waals surface area contributed by atoms with E-state index in [0.29, 0.717) is 5.92 Å². The van der Waals surface area contributed by atoms with Gasteiger partial charge in [-0.3, -0.25) is 4.79 Å². The van der Waals surface area contributed by atoms with Crippen molar-refractivity contribution in [3.63, 3.8) is 0 Å². The van der Waals surface area contributed by atoms with Gasteiger partial charge in [-0.15, -0.1) is 0 Å². The number of carboxylic acids is 1. The highest BCUT2D eigenvalue weighted by molar-refractivity contribution is 5.72. The summed E-state index contributed by atoms with van der Waals surface area (Å²) < 4.78 is 0. The second kappa shape index (κ2) is 4.16. The Hall–Kier alpha value is -0.790. The number of carbonyl (C=O) groups is 1. The van der Waals surface area contributed by atoms with Crippen molar-refractivity contribution in [2.45, 2.75) is 27.7 Å². The summed E-state index contributed by atoms with van der Waals surface area (Å²) in [6.45, 7) is 7.64. The molecule has 2 nitrogen and oxygen atoms in total. The number of hydrogen-bond donors (Lipinski definition) is 1. The standard InChI is InChI=1S/C9H16O2/c1-6(2)5-7(3)8(4)9(10)11/h5-6,8H,1-4H3,(H,10,11). The van der Waals surface area contributed by atoms with Gasteiger partial charge < -0.3 is 5.11 Å². The third-order valence-electron chi connectivity index (χ3n) is 1.65. The van der Waals surface area contributed by atoms with E-state index >= 15 is 0 Å². The number of carboxylic acid groups (broad SMARTS) is 1. The van der Waals surface area contributed by atoms with Crippen LogP contribution in [0.2, 0.25) is 0 Å². The molecule has 0 aliphatic heterocycles. The molecule has 1 N–H and O–H groups in total. The molecule has 0 heterocycles. The normalized spacial score (nSPS) is 15.2. The van der Waals surface area contributed by atoms with Crippen LogP contribution in [-0.2, 0) is 4.79 Å². The first-order chi connectivity index (χ1) is 4.95. The molecule has 0 rings (SSSR count). The van der Waals surface area contributed by atoms with Gasteiger partial charge in [0.05, 0.1) is 5.92 Å². The van der Waals surface area contributed by atoms with Gasteiger partial charge in [0, 0.05) is 0 Å². The van der Waals surface area contributed by atoms with Crippen LogP contribution in [0.3, 0.4) is 0 Å². The molecule has 0 radical (unpaired) electrons. The van der Waals surface area contributed by atoms with Crippen molar-refractivity contribution in [3.05, 3.63) is 11.6 Å². The Bertz CT molecular complexity index is 168. The summed E-state index contributed by atoms with van der Waals surface area (Å²) in [5.74, 6) is -0.673. The first kappa shape index (κ1) is 10.2. The van der Waals surface area contributed by atoms with Crippen molar-refractivity contribution in [2.75, 3.05) is 0 Å². The van der Waals surface area contributed by atoms with E-state index in [9.17, 15) is 4.79 Å². The Morgan fingerprint density at radius 2 is 1.82 bits per heavy atom. The summed E-state index contributed by atoms with van der Waals surface area (Å²) in [6.07, 6.45) is 1.98. The lowest BCUT2D eigenvalue weighted by molar-refractivity contribution is -0.139. The van der Waals surface area contributed by atoms with Gasteiger partial charge in [0.2, 0.25) is 0 Å². The molecule has 0 amide bonds. The number of allylic oxidation sites excluding steroid dienone is 1. The van der Waals surface area contributed by atoms with E-state index in [4.69, 9.17) is 5.11 Å². The maximum Gasteiger partial charge on any atom is 0.310 e. The van der Waals surface area contributed by atoms with Crippen molar-refractivity contribution in [2.24, 2.45) is 11.8 Å². The minimum Gasteiger partial charge on any atom is -0.481 e. The van der Waals surface area contributed by atoms with E-state index in [-0.39, 0.29) is 5.92 Å². The molecular formula is C9H16O2. The Balaban J connectivity index is 4.23. The van der Waals surface area contributed by atoms with Gasteiger partial charge in [-0.25, -0.2) is 0 Å². The van der Waals surface area contributed by atoms with E-state index in [1.54, 1.807) is 6.92 Å². The number of rotatable bonds is 3. The average Bonchev–Trinajstić information content (AvgIpc) is 1.84. The Kier molecular flexibility index (Phi) is 3.86. The molecule has 0 aliphatic carbocycles. The first-order valence-electron chi connectivity index (χ1n) is 3.86. The summed E-state index contributed by atoms with van der Waals surface area (Å²) in [5, 5.41) is 8.62. The molecule has 0 bridgehead atoms. The van der Waals surface area contributed by atoms with Gasteiger partial charge in [0.25, 0.3) is 0 Å². The Labute approximate surface area is 67.9 Å². The molecule has 0 fully saturated rings. The summed E-state index contributed by atoms with van der Waals surface area (Å²) >= 11 is 0. The highest BCUT2D eigenvalue weighted by atomic mass is 16.4. The van der Waals surface area contributed by atoms with Crippen LogP contribution in [0.25, 0.3) is 0 Å². The molecule has 0 spiro atoms. The van der Waals surface area contributed by atoms with Crippen LogP contribution in [0.15, 0.2) is 11.6 Å². The molecule has 0 aromatic rings. The zero-order chi connectivity index (χ0) is 9.02. The molecule has 11 heavy (non-hydrogen) atoms. The molecule has 0 saturated heterocycles. The van der Waals surface area contributed by atoms with Crippen LogP contribution in [0, 0.1) is 11.8 Å². The van der Waals surface area contributed by atoms with Crippen LogP contribution in [0.4, 0.5) is 0 Å². The maximum absolute atomic E-state index is 10.5. The predicted molar refractivity (Wildman–Crippen MR) is 45.4 cm³/mol. The van der Waals surface area contributed by atoms with Crippen LogP contribution < -0.4 is 0 Å². The fourth-order valence-corrected chi connectivity index (χ4v) is 0.865. The summed E-state index contributed by atoms with van der Waals surface area (Å²) in [6, 6.07) is 0. The molecule has 0 aliphatic rings. The van der Waals surface area contributed by atoms with E-state index in [0.717, 1.165) is 5.57 Å². The van der Waals surface area contributed by atoms with Crippen molar-refractivity contribution in [3.8, 4) is 0 Å². The van der Waals surface area contributed by atoms with E-state index in [1.807, 2.05) is 26.8 Å². The number of aliphatic carboxylic acids is 1. The third-order valence-corrected chi connectivity index (χ3v) is 1.65. The van der Waals surface area contributed by atoms with E-state index in [1.165, 1.54) is 0 Å². The SMILES string of the molecule is CC(=CC(C)C)C(C)C(=O)O. The van der Waals surface area contributed by atoms with Gasteiger partial charge in [-0.1, -0.05) is 25.5 Å². The van der Waals surface area contributed by atoms with Gasteiger partial charge in [-0.05, 0) is 19.8 Å². The minimum absolute atomic E-state index is 0.350. The molecule has 2 heteroatoms. The average molecular weight is 156 g/mol. The quantitative estimate of drug-likeness (QED) is 0.636. The van der Waals surface area contributed by atoms with Crippen molar-refractivity contribution < 1.29 is 9.90 Å². The zero-order valence-corrected chi connectivity index (χ0v) is 7.59. The van der Waals surface area contributed by atoms with Crippen LogP contribution in [0.5, 0.6) is 0 Å². The van der Waals surface area contributed by atoms with Crippen LogP contribution in [-0.4, -0.2) is 11.1 Å². The number of hydrogen-bond acceptors (Lipinski definition) is 1. The predicted octanol–water partition coefficient (Wildman–Crippen LogP) is 2.31. The lowest BCUT2D eigenvalue weighted by Gasteiger charge is -2.07. The highest BCUT2D eigenvalue weighted by Crippen LogP contribution is 2.12. The van der Waals surface area contributed by atoms with Crippen molar-refractivity contribution in [1.82, 2.24) is 0 Å². The van der Waals surface area contributed by atoms with Gasteiger partial charge >= 0.3 is 5.97 Å². The molecule has 1 unspecified atom stereocenters. The second-order valence-electron chi connectivity index (χ2n) is 3.21. The molecule has 0 aromatic heterocycles. The fourth-order valence-electron chi connectivity index (χ4n) is 0.865. The molecule has 64 valence electrons. The maximum atomic E-state index is 10.5. The van der Waals surface area contributed by atoms with Crippen LogP contribution >= 0.6 is 0 Å². The lowest BCUT2D eigenvalue weighted by Crippen LogP contribution is -2.10. The van der Waals surface area contributed by atoms with Crippen molar-refractivity contribution >= 4 is 5.97 Å². The largest absolute Gasteiger partial charge is 0.481 e. The van der Waals surface area contributed by atoms with E-state index < -0.39 is 5.97 Å². The van der Waals surface area contributed by atoms with Gasteiger partial charge in [0.15, 0.2) is 0 Å². The lowest BCUT2D eigenvalue weighted by atomic mass is 9.99. The summed E-state index contributed by atoms with van der Waals surface area (Å²) in [5.41, 5.74) is 0.938. The third kappa shape index (κ3) is 3.81. The monoisotopic (exact) mass is 156 g/mol. The van der Waals surface area contributed by atoms with Crippen LogP contribution in [0.1, 0.15) is 27.7 Å². The molecule has 0 aromatic carbocycles. The fraction of sp³-hybridized carbons (Fsp3) is 0.667. The molecule has 1 atom stereocenters. The Morgan fingerprint density at radius 3 is 2.09 bits per heavy atom. The van der Waals surface area contributed by atoms with E-state index in [2.05, 4.69) is 0 Å². The zero-order valence-electron chi connectivity index (χ0n) is 7.59. The Morgan fingerprint density at radius 1 is 1.36 bits per heavy atom. The van der Waals surface area contributed by atoms with Gasteiger partial charge in [0.1, 0.15) is 0 Å². The molecule has 0 saturated carbocycles. The van der Waals surface area contributed by atoms with Gasteiger partial charge in [-0.2, -0.15) is 0 Å².